The minimum absolute atomic E-state index is 0. The molecule has 1 amide bonds. The molecule has 118 valence electrons. The number of aromatic nitrogens is 1. The predicted octanol–water partition coefficient (Wildman–Crippen LogP) is 1.73. The molecule has 6 heteroatoms. The molecule has 22 heavy (non-hydrogen) atoms. The van der Waals surface area contributed by atoms with Crippen molar-refractivity contribution in [3.63, 3.8) is 0 Å². The molecule has 1 aliphatic carbocycles. The number of aryl methyl sites for hydroxylation is 1. The van der Waals surface area contributed by atoms with Crippen LogP contribution in [0.3, 0.4) is 0 Å². The molecule has 1 atom stereocenters. The van der Waals surface area contributed by atoms with Crippen molar-refractivity contribution < 1.29 is 4.79 Å². The Labute approximate surface area is 134 Å². The Bertz CT molecular complexity index is 753. The second kappa shape index (κ2) is 6.50. The number of fused-ring (bicyclic) bond motifs is 1. The number of aromatic amines is 1. The molecule has 1 aromatic carbocycles. The van der Waals surface area contributed by atoms with Crippen molar-refractivity contribution in [2.24, 2.45) is 11.7 Å². The van der Waals surface area contributed by atoms with Gasteiger partial charge in [-0.15, -0.1) is 12.4 Å². The van der Waals surface area contributed by atoms with Crippen LogP contribution in [0.4, 0.5) is 0 Å². The first-order valence-corrected chi connectivity index (χ1v) is 7.23. The molecule has 1 unspecified atom stereocenters. The Hall–Kier alpha value is -1.85. The van der Waals surface area contributed by atoms with E-state index in [0.29, 0.717) is 18.0 Å². The van der Waals surface area contributed by atoms with Gasteiger partial charge in [0.2, 0.25) is 0 Å². The van der Waals surface area contributed by atoms with Gasteiger partial charge >= 0.3 is 0 Å². The van der Waals surface area contributed by atoms with Gasteiger partial charge in [0, 0.05) is 23.5 Å². The molecule has 3 rings (SSSR count). The average molecular weight is 322 g/mol. The number of para-hydroxylation sites is 1. The summed E-state index contributed by atoms with van der Waals surface area (Å²) >= 11 is 0. The predicted molar refractivity (Wildman–Crippen MR) is 89.6 cm³/mol. The molecule has 0 radical (unpaired) electrons. The van der Waals surface area contributed by atoms with Crippen molar-refractivity contribution in [3.05, 3.63) is 45.7 Å². The molecular weight excluding hydrogens is 302 g/mol. The Kier molecular flexibility index (Phi) is 4.88. The van der Waals surface area contributed by atoms with Gasteiger partial charge in [-0.25, -0.2) is 0 Å². The summed E-state index contributed by atoms with van der Waals surface area (Å²) < 4.78 is 0. The number of H-pyrrole nitrogens is 1. The molecule has 1 aliphatic rings. The van der Waals surface area contributed by atoms with Crippen LogP contribution in [-0.4, -0.2) is 23.5 Å². The number of hydrogen-bond donors (Lipinski definition) is 3. The first-order valence-electron chi connectivity index (χ1n) is 7.23. The van der Waals surface area contributed by atoms with Gasteiger partial charge in [-0.2, -0.15) is 0 Å². The Morgan fingerprint density at radius 3 is 2.77 bits per heavy atom. The molecule has 0 aliphatic heterocycles. The number of carbonyl (C=O) groups excluding carboxylic acids is 1. The van der Waals surface area contributed by atoms with Crippen LogP contribution in [0.5, 0.6) is 0 Å². The summed E-state index contributed by atoms with van der Waals surface area (Å²) in [4.78, 5) is 27.2. The van der Waals surface area contributed by atoms with Crippen LogP contribution < -0.4 is 16.6 Å². The highest BCUT2D eigenvalue weighted by molar-refractivity contribution is 5.99. The van der Waals surface area contributed by atoms with E-state index in [2.05, 4.69) is 10.3 Å². The lowest BCUT2D eigenvalue weighted by Crippen LogP contribution is -2.40. The van der Waals surface area contributed by atoms with Gasteiger partial charge in [0.05, 0.1) is 0 Å². The first kappa shape index (κ1) is 16.5. The fourth-order valence-electron chi connectivity index (χ4n) is 2.67. The largest absolute Gasteiger partial charge is 0.350 e. The smallest absolute Gasteiger partial charge is 0.261 e. The molecule has 5 nitrogen and oxygen atoms in total. The van der Waals surface area contributed by atoms with Gasteiger partial charge in [0.25, 0.3) is 11.5 Å². The van der Waals surface area contributed by atoms with E-state index in [1.54, 1.807) is 6.92 Å². The highest BCUT2D eigenvalue weighted by atomic mass is 35.5. The van der Waals surface area contributed by atoms with Crippen molar-refractivity contribution in [2.75, 3.05) is 6.54 Å². The number of nitrogens with two attached hydrogens (primary N) is 1. The van der Waals surface area contributed by atoms with Gasteiger partial charge in [0.15, 0.2) is 0 Å². The first-order chi connectivity index (χ1) is 10.1. The third-order valence-electron chi connectivity index (χ3n) is 4.13. The molecule has 1 aromatic heterocycles. The average Bonchev–Trinajstić information content (AvgIpc) is 3.29. The second-order valence-electron chi connectivity index (χ2n) is 5.71. The third-order valence-corrected chi connectivity index (χ3v) is 4.13. The monoisotopic (exact) mass is 321 g/mol. The standard InChI is InChI=1S/C16H19N3O2.ClH/c1-9-11-4-2-3-5-13(11)19-16(21)14(9)15(20)18-8-12(17)10-6-7-10;/h2-5,10,12H,6-8,17H2,1H3,(H,18,20)(H,19,21);1H. The minimum atomic E-state index is -0.358. The Morgan fingerprint density at radius 2 is 2.09 bits per heavy atom. The molecule has 4 N–H and O–H groups in total. The van der Waals surface area contributed by atoms with E-state index < -0.39 is 0 Å². The topological polar surface area (TPSA) is 88.0 Å². The van der Waals surface area contributed by atoms with Crippen LogP contribution in [0.25, 0.3) is 10.9 Å². The summed E-state index contributed by atoms with van der Waals surface area (Å²) in [6.45, 7) is 2.21. The molecule has 1 heterocycles. The Balaban J connectivity index is 0.00000176. The maximum Gasteiger partial charge on any atom is 0.261 e. The molecule has 0 bridgehead atoms. The molecule has 1 fully saturated rings. The molecule has 2 aromatic rings. The van der Waals surface area contributed by atoms with Crippen molar-refractivity contribution in [3.8, 4) is 0 Å². The number of pyridine rings is 1. The number of halogens is 1. The molecule has 0 saturated heterocycles. The fraction of sp³-hybridized carbons (Fsp3) is 0.375. The zero-order valence-electron chi connectivity index (χ0n) is 12.4. The SMILES string of the molecule is Cc1c(C(=O)NCC(N)C2CC2)c(=O)[nH]c2ccccc12.Cl. The third kappa shape index (κ3) is 3.15. The number of rotatable bonds is 4. The summed E-state index contributed by atoms with van der Waals surface area (Å²) in [6.07, 6.45) is 2.26. The maximum atomic E-state index is 12.3. The lowest BCUT2D eigenvalue weighted by molar-refractivity contribution is 0.0948. The summed E-state index contributed by atoms with van der Waals surface area (Å²) in [5.41, 5.74) is 7.23. The van der Waals surface area contributed by atoms with Crippen LogP contribution in [0.15, 0.2) is 29.1 Å². The van der Waals surface area contributed by atoms with E-state index >= 15 is 0 Å². The quantitative estimate of drug-likeness (QED) is 0.801. The molecule has 0 spiro atoms. The van der Waals surface area contributed by atoms with E-state index in [-0.39, 0.29) is 35.5 Å². The number of benzene rings is 1. The van der Waals surface area contributed by atoms with E-state index in [9.17, 15) is 9.59 Å². The molecule has 1 saturated carbocycles. The van der Waals surface area contributed by atoms with Crippen LogP contribution in [0, 0.1) is 12.8 Å². The normalized spacial score (nSPS) is 15.2. The van der Waals surface area contributed by atoms with Gasteiger partial charge in [-0.3, -0.25) is 9.59 Å². The molecular formula is C16H20ClN3O2. The van der Waals surface area contributed by atoms with Crippen molar-refractivity contribution in [2.45, 2.75) is 25.8 Å². The number of hydrogen-bond acceptors (Lipinski definition) is 3. The van der Waals surface area contributed by atoms with Crippen molar-refractivity contribution in [1.82, 2.24) is 10.3 Å². The van der Waals surface area contributed by atoms with Gasteiger partial charge < -0.3 is 16.0 Å². The van der Waals surface area contributed by atoms with E-state index in [1.807, 2.05) is 24.3 Å². The van der Waals surface area contributed by atoms with Gasteiger partial charge in [-0.1, -0.05) is 18.2 Å². The lowest BCUT2D eigenvalue weighted by atomic mass is 10.0. The van der Waals surface area contributed by atoms with Gasteiger partial charge in [0.1, 0.15) is 5.56 Å². The van der Waals surface area contributed by atoms with Crippen LogP contribution >= 0.6 is 12.4 Å². The summed E-state index contributed by atoms with van der Waals surface area (Å²) in [5, 5.41) is 3.67. The second-order valence-corrected chi connectivity index (χ2v) is 5.71. The summed E-state index contributed by atoms with van der Waals surface area (Å²) in [5.74, 6) is 0.164. The number of carbonyl (C=O) groups is 1. The van der Waals surface area contributed by atoms with Crippen LogP contribution in [0.1, 0.15) is 28.8 Å². The van der Waals surface area contributed by atoms with Gasteiger partial charge in [-0.05, 0) is 37.3 Å². The van der Waals surface area contributed by atoms with Crippen LogP contribution in [0.2, 0.25) is 0 Å². The number of nitrogens with one attached hydrogen (secondary N) is 2. The van der Waals surface area contributed by atoms with E-state index in [0.717, 1.165) is 23.7 Å². The zero-order valence-corrected chi connectivity index (χ0v) is 13.2. The van der Waals surface area contributed by atoms with Crippen LogP contribution in [-0.2, 0) is 0 Å². The summed E-state index contributed by atoms with van der Waals surface area (Å²) in [6, 6.07) is 7.44. The maximum absolute atomic E-state index is 12.3. The Morgan fingerprint density at radius 1 is 1.41 bits per heavy atom. The van der Waals surface area contributed by atoms with Crippen molar-refractivity contribution in [1.29, 1.82) is 0 Å². The van der Waals surface area contributed by atoms with E-state index in [4.69, 9.17) is 5.73 Å². The highest BCUT2D eigenvalue weighted by Crippen LogP contribution is 2.31. The zero-order chi connectivity index (χ0) is 15.0. The van der Waals surface area contributed by atoms with Crippen molar-refractivity contribution >= 4 is 29.2 Å². The minimum Gasteiger partial charge on any atom is -0.350 e. The summed E-state index contributed by atoms with van der Waals surface area (Å²) in [7, 11) is 0. The fourth-order valence-corrected chi connectivity index (χ4v) is 2.67. The van der Waals surface area contributed by atoms with E-state index in [1.165, 1.54) is 0 Å². The number of amides is 1. The highest BCUT2D eigenvalue weighted by Gasteiger charge is 2.29. The lowest BCUT2D eigenvalue weighted by Gasteiger charge is -2.13.